The number of nitrogens with zero attached hydrogens (tertiary/aromatic N) is 1. The van der Waals surface area contributed by atoms with Gasteiger partial charge in [-0.3, -0.25) is 9.59 Å². The van der Waals surface area contributed by atoms with Crippen LogP contribution in [0.15, 0.2) is 48.5 Å². The predicted molar refractivity (Wildman–Crippen MR) is 95.4 cm³/mol. The minimum Gasteiger partial charge on any atom is -0.357 e. The van der Waals surface area contributed by atoms with E-state index in [0.717, 1.165) is 11.1 Å². The topological polar surface area (TPSA) is 49.4 Å². The Labute approximate surface area is 147 Å². The van der Waals surface area contributed by atoms with E-state index in [-0.39, 0.29) is 18.2 Å². The quantitative estimate of drug-likeness (QED) is 0.878. The van der Waals surface area contributed by atoms with E-state index in [1.54, 1.807) is 25.1 Å². The number of nitrogens with one attached hydrogen (secondary N) is 1. The first-order valence-electron chi connectivity index (χ1n) is 8.22. The molecule has 0 aliphatic carbocycles. The van der Waals surface area contributed by atoms with Crippen LogP contribution in [0.4, 0.5) is 4.39 Å². The van der Waals surface area contributed by atoms with Crippen LogP contribution >= 0.6 is 0 Å². The largest absolute Gasteiger partial charge is 0.357 e. The Morgan fingerprint density at radius 2 is 1.76 bits per heavy atom. The minimum absolute atomic E-state index is 0.0835. The lowest BCUT2D eigenvalue weighted by atomic mass is 10.1. The summed E-state index contributed by atoms with van der Waals surface area (Å²) in [5, 5.41) is 2.56. The smallest absolute Gasteiger partial charge is 0.242 e. The fourth-order valence-corrected chi connectivity index (χ4v) is 2.59. The molecule has 0 aromatic heterocycles. The van der Waals surface area contributed by atoms with Gasteiger partial charge in [0, 0.05) is 13.6 Å². The third-order valence-corrected chi connectivity index (χ3v) is 4.19. The number of amides is 2. The van der Waals surface area contributed by atoms with Gasteiger partial charge in [0.15, 0.2) is 0 Å². The molecule has 0 unspecified atom stereocenters. The fraction of sp³-hybridized carbons (Fsp3) is 0.300. The summed E-state index contributed by atoms with van der Waals surface area (Å²) in [6, 6.07) is 13.3. The van der Waals surface area contributed by atoms with Gasteiger partial charge in [0.2, 0.25) is 11.8 Å². The lowest BCUT2D eigenvalue weighted by molar-refractivity contribution is -0.139. The van der Waals surface area contributed by atoms with Gasteiger partial charge >= 0.3 is 0 Å². The number of rotatable bonds is 6. The van der Waals surface area contributed by atoms with Gasteiger partial charge < -0.3 is 10.2 Å². The Morgan fingerprint density at radius 3 is 2.36 bits per heavy atom. The summed E-state index contributed by atoms with van der Waals surface area (Å²) < 4.78 is 13.9. The summed E-state index contributed by atoms with van der Waals surface area (Å²) in [5.41, 5.74) is 2.36. The average Bonchev–Trinajstić information content (AvgIpc) is 2.61. The maximum Gasteiger partial charge on any atom is 0.242 e. The molecule has 25 heavy (non-hydrogen) atoms. The van der Waals surface area contributed by atoms with E-state index < -0.39 is 11.9 Å². The highest BCUT2D eigenvalue weighted by Crippen LogP contribution is 2.14. The van der Waals surface area contributed by atoms with Crippen LogP contribution in [0.1, 0.15) is 23.6 Å². The van der Waals surface area contributed by atoms with Gasteiger partial charge in [-0.15, -0.1) is 0 Å². The van der Waals surface area contributed by atoms with Crippen molar-refractivity contribution in [3.05, 3.63) is 71.0 Å². The third kappa shape index (κ3) is 4.89. The first-order chi connectivity index (χ1) is 11.9. The maximum absolute atomic E-state index is 13.9. The number of carbonyl (C=O) groups excluding carboxylic acids is 2. The van der Waals surface area contributed by atoms with Crippen LogP contribution in [0.3, 0.4) is 0 Å². The molecule has 1 N–H and O–H groups in total. The van der Waals surface area contributed by atoms with Gasteiger partial charge in [0.1, 0.15) is 11.9 Å². The molecule has 2 aromatic carbocycles. The summed E-state index contributed by atoms with van der Waals surface area (Å²) in [6.45, 7) is 3.95. The van der Waals surface area contributed by atoms with Gasteiger partial charge in [-0.1, -0.05) is 48.0 Å². The monoisotopic (exact) mass is 342 g/mol. The van der Waals surface area contributed by atoms with Crippen LogP contribution in [0, 0.1) is 12.7 Å². The van der Waals surface area contributed by atoms with Crippen molar-refractivity contribution >= 4 is 11.8 Å². The number of aryl methyl sites for hydroxylation is 1. The van der Waals surface area contributed by atoms with Crippen LogP contribution in [0.2, 0.25) is 0 Å². The summed E-state index contributed by atoms with van der Waals surface area (Å²) in [4.78, 5) is 26.3. The summed E-state index contributed by atoms with van der Waals surface area (Å²) in [6.07, 6.45) is -0.0835. The molecular weight excluding hydrogens is 319 g/mol. The number of benzene rings is 2. The molecule has 2 rings (SSSR count). The number of hydrogen-bond donors (Lipinski definition) is 1. The van der Waals surface area contributed by atoms with E-state index in [1.165, 1.54) is 18.0 Å². The summed E-state index contributed by atoms with van der Waals surface area (Å²) in [7, 11) is 1.53. The lowest BCUT2D eigenvalue weighted by Crippen LogP contribution is -2.47. The van der Waals surface area contributed by atoms with Crippen molar-refractivity contribution in [1.82, 2.24) is 10.2 Å². The zero-order valence-electron chi connectivity index (χ0n) is 14.8. The van der Waals surface area contributed by atoms with E-state index in [4.69, 9.17) is 0 Å². The molecule has 2 amide bonds. The molecule has 0 fully saturated rings. The molecule has 1 atom stereocenters. The fourth-order valence-electron chi connectivity index (χ4n) is 2.59. The van der Waals surface area contributed by atoms with Crippen molar-refractivity contribution < 1.29 is 14.0 Å². The highest BCUT2D eigenvalue weighted by atomic mass is 19.1. The Hall–Kier alpha value is -2.69. The van der Waals surface area contributed by atoms with E-state index in [2.05, 4.69) is 5.32 Å². The zero-order chi connectivity index (χ0) is 18.4. The zero-order valence-corrected chi connectivity index (χ0v) is 14.8. The van der Waals surface area contributed by atoms with Crippen LogP contribution in [-0.2, 0) is 22.6 Å². The molecule has 5 heteroatoms. The van der Waals surface area contributed by atoms with Gasteiger partial charge in [0.05, 0.1) is 6.42 Å². The third-order valence-electron chi connectivity index (χ3n) is 4.19. The molecule has 0 aliphatic heterocycles. The van der Waals surface area contributed by atoms with Crippen molar-refractivity contribution in [2.45, 2.75) is 32.9 Å². The second-order valence-corrected chi connectivity index (χ2v) is 6.07. The van der Waals surface area contributed by atoms with Crippen LogP contribution in [0.25, 0.3) is 0 Å². The lowest BCUT2D eigenvalue weighted by Gasteiger charge is -2.28. The molecule has 4 nitrogen and oxygen atoms in total. The molecule has 0 spiro atoms. The van der Waals surface area contributed by atoms with E-state index in [9.17, 15) is 14.0 Å². The van der Waals surface area contributed by atoms with Crippen molar-refractivity contribution in [2.24, 2.45) is 0 Å². The minimum atomic E-state index is -0.648. The summed E-state index contributed by atoms with van der Waals surface area (Å²) in [5.74, 6) is -0.963. The first kappa shape index (κ1) is 18.6. The second-order valence-electron chi connectivity index (χ2n) is 6.07. The van der Waals surface area contributed by atoms with E-state index in [1.807, 2.05) is 31.2 Å². The number of halogens is 1. The number of carbonyl (C=O) groups is 2. The normalized spacial score (nSPS) is 11.7. The Balaban J connectivity index is 2.23. The molecule has 0 aliphatic rings. The van der Waals surface area contributed by atoms with Crippen molar-refractivity contribution in [3.8, 4) is 0 Å². The first-order valence-corrected chi connectivity index (χ1v) is 8.22. The molecule has 132 valence electrons. The molecule has 0 radical (unpaired) electrons. The molecular formula is C20H23FN2O2. The van der Waals surface area contributed by atoms with Gasteiger partial charge in [-0.2, -0.15) is 0 Å². The maximum atomic E-state index is 13.9. The molecule has 0 saturated heterocycles. The van der Waals surface area contributed by atoms with Crippen molar-refractivity contribution in [2.75, 3.05) is 7.05 Å². The van der Waals surface area contributed by atoms with Crippen LogP contribution in [-0.4, -0.2) is 29.8 Å². The Bertz CT molecular complexity index is 744. The van der Waals surface area contributed by atoms with E-state index >= 15 is 0 Å². The Kier molecular flexibility index (Phi) is 6.28. The average molecular weight is 342 g/mol. The summed E-state index contributed by atoms with van der Waals surface area (Å²) >= 11 is 0. The Morgan fingerprint density at radius 1 is 1.12 bits per heavy atom. The SMILES string of the molecule is CNC(=O)[C@H](C)N(Cc1ccc(C)cc1)C(=O)Cc1ccccc1F. The number of likely N-dealkylation sites (N-methyl/N-ethyl adjacent to an activating group) is 1. The highest BCUT2D eigenvalue weighted by Gasteiger charge is 2.26. The standard InChI is InChI=1S/C20H23FN2O2/c1-14-8-10-16(11-9-14)13-23(15(2)20(25)22-3)19(24)12-17-6-4-5-7-18(17)21/h4-11,15H,12-13H2,1-3H3,(H,22,25)/t15-/m0/s1. The predicted octanol–water partition coefficient (Wildman–Crippen LogP) is 2.84. The van der Waals surface area contributed by atoms with Gasteiger partial charge in [-0.05, 0) is 31.0 Å². The molecule has 0 heterocycles. The van der Waals surface area contributed by atoms with Crippen LogP contribution in [0.5, 0.6) is 0 Å². The highest BCUT2D eigenvalue weighted by molar-refractivity contribution is 5.88. The number of hydrogen-bond acceptors (Lipinski definition) is 2. The van der Waals surface area contributed by atoms with Crippen molar-refractivity contribution in [3.63, 3.8) is 0 Å². The second kappa shape index (κ2) is 8.42. The molecule has 0 bridgehead atoms. The van der Waals surface area contributed by atoms with E-state index in [0.29, 0.717) is 12.1 Å². The van der Waals surface area contributed by atoms with Gasteiger partial charge in [0.25, 0.3) is 0 Å². The molecule has 2 aromatic rings. The molecule has 0 saturated carbocycles. The van der Waals surface area contributed by atoms with Crippen molar-refractivity contribution in [1.29, 1.82) is 0 Å². The van der Waals surface area contributed by atoms with Gasteiger partial charge in [-0.25, -0.2) is 4.39 Å². The van der Waals surface area contributed by atoms with Crippen LogP contribution < -0.4 is 5.32 Å².